The van der Waals surface area contributed by atoms with E-state index in [4.69, 9.17) is 27.2 Å². The number of nitrogens with zero attached hydrogens (tertiary/aromatic N) is 3. The number of carboxylic acid groups (broad SMARTS) is 2. The first-order chi connectivity index (χ1) is 13.8. The van der Waals surface area contributed by atoms with Gasteiger partial charge in [0, 0.05) is 38.0 Å². The number of ether oxygens (including phenoxy) is 1. The number of pyridine rings is 1. The van der Waals surface area contributed by atoms with Crippen LogP contribution in [-0.2, 0) is 9.59 Å². The van der Waals surface area contributed by atoms with Gasteiger partial charge in [-0.1, -0.05) is 12.2 Å². The minimum absolute atomic E-state index is 0.150. The third-order valence-electron chi connectivity index (χ3n) is 4.90. The highest BCUT2D eigenvalue weighted by molar-refractivity contribution is 7.80. The summed E-state index contributed by atoms with van der Waals surface area (Å²) >= 11 is 5.53. The molecule has 0 aliphatic carbocycles. The summed E-state index contributed by atoms with van der Waals surface area (Å²) in [7, 11) is 2.04. The second-order valence-corrected chi connectivity index (χ2v) is 7.49. The molecule has 3 rings (SSSR count). The molecular weight excluding hydrogens is 394 g/mol. The lowest BCUT2D eigenvalue weighted by atomic mass is 10.2. The summed E-state index contributed by atoms with van der Waals surface area (Å²) in [6, 6.07) is 4.61. The van der Waals surface area contributed by atoms with Gasteiger partial charge in [-0.05, 0) is 44.9 Å². The molecule has 0 aromatic carbocycles. The number of aliphatic carboxylic acids is 2. The molecule has 1 fully saturated rings. The summed E-state index contributed by atoms with van der Waals surface area (Å²) in [5.41, 5.74) is 0.937. The van der Waals surface area contributed by atoms with Gasteiger partial charge in [-0.25, -0.2) is 14.6 Å². The fourth-order valence-corrected chi connectivity index (χ4v) is 3.59. The van der Waals surface area contributed by atoms with Crippen molar-refractivity contribution in [3.63, 3.8) is 0 Å². The Hall–Kier alpha value is -2.52. The summed E-state index contributed by atoms with van der Waals surface area (Å²) in [6.07, 6.45) is 6.70. The Morgan fingerprint density at radius 2 is 2.03 bits per heavy atom. The van der Waals surface area contributed by atoms with E-state index >= 15 is 0 Å². The molecule has 8 nitrogen and oxygen atoms in total. The van der Waals surface area contributed by atoms with E-state index in [1.54, 1.807) is 6.20 Å². The first-order valence-electron chi connectivity index (χ1n) is 9.53. The van der Waals surface area contributed by atoms with Crippen molar-refractivity contribution >= 4 is 29.1 Å². The number of fused-ring (bicyclic) bond motifs is 1. The Morgan fingerprint density at radius 1 is 1.34 bits per heavy atom. The average molecular weight is 422 g/mol. The van der Waals surface area contributed by atoms with Crippen molar-refractivity contribution in [3.05, 3.63) is 36.0 Å². The summed E-state index contributed by atoms with van der Waals surface area (Å²) in [6.45, 7) is 5.46. The average Bonchev–Trinajstić information content (AvgIpc) is 3.04. The molecule has 1 aromatic heterocycles. The number of hydrogen-bond acceptors (Lipinski definition) is 6. The maximum Gasteiger partial charge on any atom is 0.328 e. The number of hydrogen-bond donors (Lipinski definition) is 2. The molecule has 0 amide bonds. The van der Waals surface area contributed by atoms with Gasteiger partial charge in [-0.3, -0.25) is 0 Å². The van der Waals surface area contributed by atoms with Crippen LogP contribution < -0.4 is 4.74 Å². The Balaban J connectivity index is 0.000000321. The summed E-state index contributed by atoms with van der Waals surface area (Å²) in [5, 5.41) is 15.6. The van der Waals surface area contributed by atoms with Crippen molar-refractivity contribution in [2.45, 2.75) is 38.3 Å². The lowest BCUT2D eigenvalue weighted by molar-refractivity contribution is -0.134. The van der Waals surface area contributed by atoms with Gasteiger partial charge in [-0.15, -0.1) is 0 Å². The van der Waals surface area contributed by atoms with Gasteiger partial charge >= 0.3 is 11.9 Å². The first-order valence-corrected chi connectivity index (χ1v) is 9.94. The monoisotopic (exact) mass is 421 g/mol. The Bertz CT molecular complexity index is 754. The number of likely N-dealkylation sites (N-methyl/N-ethyl adjacent to an activating group) is 1. The molecule has 0 saturated carbocycles. The Labute approximate surface area is 175 Å². The summed E-state index contributed by atoms with van der Waals surface area (Å²) in [4.78, 5) is 29.0. The predicted molar refractivity (Wildman–Crippen MR) is 112 cm³/mol. The predicted octanol–water partition coefficient (Wildman–Crippen LogP) is 2.04. The number of thiocarbonyl (C=S) groups is 1. The van der Waals surface area contributed by atoms with Crippen LogP contribution in [0.4, 0.5) is 0 Å². The van der Waals surface area contributed by atoms with E-state index in [-0.39, 0.29) is 6.10 Å². The van der Waals surface area contributed by atoms with Crippen LogP contribution in [0.1, 0.15) is 31.7 Å². The van der Waals surface area contributed by atoms with Crippen molar-refractivity contribution in [1.29, 1.82) is 0 Å². The molecular formula is C20H27N3O5S. The van der Waals surface area contributed by atoms with Crippen LogP contribution in [0, 0.1) is 0 Å². The normalized spacial score (nSPS) is 21.7. The van der Waals surface area contributed by atoms with E-state index in [0.717, 1.165) is 30.1 Å². The fourth-order valence-electron chi connectivity index (χ4n) is 3.36. The number of likely N-dealkylation sites (tertiary alicyclic amines) is 1. The SMILES string of the molecule is CC1CCCN1CCC1CN(C)C(=S)c2cccnc2O1.O=C(O)C=CC(=O)O. The van der Waals surface area contributed by atoms with Gasteiger partial charge in [0.05, 0.1) is 12.1 Å². The molecule has 1 aromatic rings. The molecule has 3 heterocycles. The van der Waals surface area contributed by atoms with E-state index in [2.05, 4.69) is 21.7 Å². The highest BCUT2D eigenvalue weighted by Crippen LogP contribution is 2.24. The number of carbonyl (C=O) groups is 2. The Morgan fingerprint density at radius 3 is 2.62 bits per heavy atom. The topological polar surface area (TPSA) is 103 Å². The molecule has 2 N–H and O–H groups in total. The van der Waals surface area contributed by atoms with E-state index < -0.39 is 11.9 Å². The number of rotatable bonds is 5. The second-order valence-electron chi connectivity index (χ2n) is 7.11. The van der Waals surface area contributed by atoms with E-state index in [1.807, 2.05) is 19.2 Å². The van der Waals surface area contributed by atoms with Crippen molar-refractivity contribution in [2.24, 2.45) is 0 Å². The number of carboxylic acids is 2. The van der Waals surface area contributed by atoms with E-state index in [9.17, 15) is 9.59 Å². The summed E-state index contributed by atoms with van der Waals surface area (Å²) < 4.78 is 6.13. The fraction of sp³-hybridized carbons (Fsp3) is 0.500. The van der Waals surface area contributed by atoms with Crippen LogP contribution >= 0.6 is 12.2 Å². The van der Waals surface area contributed by atoms with Gasteiger partial charge in [0.1, 0.15) is 11.1 Å². The van der Waals surface area contributed by atoms with Crippen molar-refractivity contribution < 1.29 is 24.5 Å². The molecule has 0 bridgehead atoms. The quantitative estimate of drug-likeness (QED) is 0.546. The maximum absolute atomic E-state index is 9.55. The molecule has 0 radical (unpaired) electrons. The summed E-state index contributed by atoms with van der Waals surface area (Å²) in [5.74, 6) is -1.83. The van der Waals surface area contributed by atoms with Gasteiger partial charge < -0.3 is 24.7 Å². The lowest BCUT2D eigenvalue weighted by Crippen LogP contribution is -2.37. The highest BCUT2D eigenvalue weighted by Gasteiger charge is 2.27. The van der Waals surface area contributed by atoms with Crippen LogP contribution in [0.5, 0.6) is 5.88 Å². The maximum atomic E-state index is 9.55. The largest absolute Gasteiger partial charge is 0.478 e. The van der Waals surface area contributed by atoms with E-state index in [0.29, 0.717) is 24.1 Å². The minimum atomic E-state index is -1.26. The third kappa shape index (κ3) is 7.10. The molecule has 2 aliphatic heterocycles. The molecule has 29 heavy (non-hydrogen) atoms. The van der Waals surface area contributed by atoms with Crippen LogP contribution in [0.15, 0.2) is 30.5 Å². The van der Waals surface area contributed by atoms with Crippen LogP contribution in [-0.4, -0.2) is 80.8 Å². The van der Waals surface area contributed by atoms with Crippen LogP contribution in [0.3, 0.4) is 0 Å². The standard InChI is InChI=1S/C16H23N3OS.C4H4O4/c1-12-5-4-9-19(12)10-7-13-11-18(2)16(21)14-6-3-8-17-15(14)20-13;5-3(6)1-2-4(7)8/h3,6,8,12-13H,4-5,7,9-11H2,1-2H3;1-2H,(H,5,6)(H,7,8). The smallest absolute Gasteiger partial charge is 0.328 e. The molecule has 2 aliphatic rings. The zero-order valence-electron chi connectivity index (χ0n) is 16.7. The molecule has 1 saturated heterocycles. The minimum Gasteiger partial charge on any atom is -0.478 e. The molecule has 2 unspecified atom stereocenters. The van der Waals surface area contributed by atoms with Gasteiger partial charge in [-0.2, -0.15) is 0 Å². The van der Waals surface area contributed by atoms with Crippen molar-refractivity contribution in [3.8, 4) is 5.88 Å². The van der Waals surface area contributed by atoms with Crippen molar-refractivity contribution in [1.82, 2.24) is 14.8 Å². The zero-order chi connectivity index (χ0) is 21.4. The van der Waals surface area contributed by atoms with E-state index in [1.165, 1.54) is 19.4 Å². The third-order valence-corrected chi connectivity index (χ3v) is 5.43. The molecule has 158 valence electrons. The van der Waals surface area contributed by atoms with Crippen molar-refractivity contribution in [2.75, 3.05) is 26.7 Å². The van der Waals surface area contributed by atoms with Gasteiger partial charge in [0.25, 0.3) is 0 Å². The van der Waals surface area contributed by atoms with Crippen LogP contribution in [0.25, 0.3) is 0 Å². The zero-order valence-corrected chi connectivity index (χ0v) is 17.5. The highest BCUT2D eigenvalue weighted by atomic mass is 32.1. The first kappa shape index (κ1) is 22.8. The van der Waals surface area contributed by atoms with Gasteiger partial charge in [0.15, 0.2) is 0 Å². The molecule has 9 heteroatoms. The number of aromatic nitrogens is 1. The van der Waals surface area contributed by atoms with Crippen LogP contribution in [0.2, 0.25) is 0 Å². The second kappa shape index (κ2) is 10.9. The van der Waals surface area contributed by atoms with Gasteiger partial charge in [0.2, 0.25) is 5.88 Å². The molecule has 2 atom stereocenters. The Kier molecular flexibility index (Phi) is 8.53. The lowest BCUT2D eigenvalue weighted by Gasteiger charge is -2.25. The molecule has 0 spiro atoms.